The van der Waals surface area contributed by atoms with Crippen molar-refractivity contribution >= 4 is 22.1 Å². The van der Waals surface area contributed by atoms with Gasteiger partial charge in [-0.15, -0.1) is 0 Å². The van der Waals surface area contributed by atoms with Crippen molar-refractivity contribution in [2.24, 2.45) is 0 Å². The first-order chi connectivity index (χ1) is 8.90. The van der Waals surface area contributed by atoms with Crippen molar-refractivity contribution < 1.29 is 4.42 Å². The van der Waals surface area contributed by atoms with E-state index in [1.807, 2.05) is 42.5 Å². The molecular weight excluding hydrogens is 226 g/mol. The highest BCUT2D eigenvalue weighted by Gasteiger charge is 2.10. The molecule has 0 saturated heterocycles. The molecular formula is C14H9N3O. The topological polar surface area (TPSA) is 54.7 Å². The summed E-state index contributed by atoms with van der Waals surface area (Å²) in [5, 5.41) is 1.07. The van der Waals surface area contributed by atoms with Crippen molar-refractivity contribution in [2.75, 3.05) is 0 Å². The molecule has 4 aromatic rings. The van der Waals surface area contributed by atoms with Crippen LogP contribution in [0.4, 0.5) is 0 Å². The van der Waals surface area contributed by atoms with Gasteiger partial charge < -0.3 is 9.40 Å². The number of aromatic nitrogens is 3. The highest BCUT2D eigenvalue weighted by Crippen LogP contribution is 2.26. The van der Waals surface area contributed by atoms with Gasteiger partial charge in [0.2, 0.25) is 0 Å². The van der Waals surface area contributed by atoms with Crippen molar-refractivity contribution in [1.29, 1.82) is 0 Å². The molecule has 4 nitrogen and oxygen atoms in total. The lowest BCUT2D eigenvalue weighted by molar-refractivity contribution is 0.626. The SMILES string of the molecule is c1ccc2oc(-c3nc4ncccc4[nH]3)cc2c1. The summed E-state index contributed by atoms with van der Waals surface area (Å²) >= 11 is 0. The molecule has 0 spiro atoms. The number of hydrogen-bond donors (Lipinski definition) is 1. The Morgan fingerprint density at radius 1 is 1.06 bits per heavy atom. The van der Waals surface area contributed by atoms with E-state index in [1.54, 1.807) is 6.20 Å². The fraction of sp³-hybridized carbons (Fsp3) is 0. The summed E-state index contributed by atoms with van der Waals surface area (Å²) in [4.78, 5) is 11.8. The second-order valence-electron chi connectivity index (χ2n) is 4.11. The first-order valence-corrected chi connectivity index (χ1v) is 5.70. The Hall–Kier alpha value is -2.62. The van der Waals surface area contributed by atoms with Gasteiger partial charge in [-0.1, -0.05) is 18.2 Å². The summed E-state index contributed by atoms with van der Waals surface area (Å²) in [6, 6.07) is 13.7. The zero-order chi connectivity index (χ0) is 11.9. The van der Waals surface area contributed by atoms with Crippen molar-refractivity contribution in [3.63, 3.8) is 0 Å². The van der Waals surface area contributed by atoms with Crippen molar-refractivity contribution in [2.45, 2.75) is 0 Å². The number of benzene rings is 1. The summed E-state index contributed by atoms with van der Waals surface area (Å²) in [5.41, 5.74) is 2.47. The molecule has 18 heavy (non-hydrogen) atoms. The zero-order valence-electron chi connectivity index (χ0n) is 9.42. The van der Waals surface area contributed by atoms with E-state index in [0.29, 0.717) is 11.5 Å². The number of nitrogens with one attached hydrogen (secondary N) is 1. The quantitative estimate of drug-likeness (QED) is 0.550. The number of hydrogen-bond acceptors (Lipinski definition) is 3. The Morgan fingerprint density at radius 2 is 2.00 bits per heavy atom. The molecule has 0 radical (unpaired) electrons. The van der Waals surface area contributed by atoms with Gasteiger partial charge in [-0.05, 0) is 24.3 Å². The number of H-pyrrole nitrogens is 1. The van der Waals surface area contributed by atoms with E-state index in [2.05, 4.69) is 15.0 Å². The fourth-order valence-corrected chi connectivity index (χ4v) is 2.06. The standard InChI is InChI=1S/C14H9N3O/c1-2-6-11-9(4-1)8-12(18-11)14-16-10-5-3-7-15-13(10)17-14/h1-8H,(H,15,16,17). The normalized spacial score (nSPS) is 11.3. The molecule has 0 unspecified atom stereocenters. The van der Waals surface area contributed by atoms with E-state index in [4.69, 9.17) is 4.42 Å². The minimum atomic E-state index is 0.702. The molecule has 4 heteroatoms. The molecule has 0 amide bonds. The summed E-state index contributed by atoms with van der Waals surface area (Å²) in [6.07, 6.45) is 1.73. The van der Waals surface area contributed by atoms with Crippen LogP contribution in [0.15, 0.2) is 53.1 Å². The van der Waals surface area contributed by atoms with Crippen molar-refractivity contribution in [1.82, 2.24) is 15.0 Å². The molecule has 0 saturated carbocycles. The largest absolute Gasteiger partial charge is 0.453 e. The monoisotopic (exact) mass is 235 g/mol. The molecule has 1 N–H and O–H groups in total. The van der Waals surface area contributed by atoms with Crippen molar-refractivity contribution in [3.05, 3.63) is 48.7 Å². The summed E-state index contributed by atoms with van der Waals surface area (Å²) in [5.74, 6) is 1.44. The predicted octanol–water partition coefficient (Wildman–Crippen LogP) is 3.37. The number of para-hydroxylation sites is 1. The smallest absolute Gasteiger partial charge is 0.178 e. The molecule has 3 aromatic heterocycles. The maximum atomic E-state index is 5.76. The molecule has 0 aliphatic heterocycles. The average Bonchev–Trinajstić information content (AvgIpc) is 3.02. The number of furan rings is 1. The van der Waals surface area contributed by atoms with Crippen LogP contribution in [0.2, 0.25) is 0 Å². The van der Waals surface area contributed by atoms with Gasteiger partial charge in [0.05, 0.1) is 5.52 Å². The van der Waals surface area contributed by atoms with Crippen LogP contribution in [0.5, 0.6) is 0 Å². The Morgan fingerprint density at radius 3 is 2.89 bits per heavy atom. The van der Waals surface area contributed by atoms with E-state index < -0.39 is 0 Å². The van der Waals surface area contributed by atoms with Gasteiger partial charge in [-0.25, -0.2) is 9.97 Å². The highest BCUT2D eigenvalue weighted by atomic mass is 16.3. The molecule has 0 aliphatic rings. The van der Waals surface area contributed by atoms with E-state index in [-0.39, 0.29) is 0 Å². The Kier molecular flexibility index (Phi) is 1.80. The maximum Gasteiger partial charge on any atom is 0.178 e. The van der Waals surface area contributed by atoms with Gasteiger partial charge in [0, 0.05) is 11.6 Å². The first-order valence-electron chi connectivity index (χ1n) is 5.70. The molecule has 0 atom stereocenters. The summed E-state index contributed by atoms with van der Waals surface area (Å²) in [7, 11) is 0. The van der Waals surface area contributed by atoms with Gasteiger partial charge in [-0.2, -0.15) is 0 Å². The predicted molar refractivity (Wildman–Crippen MR) is 69.1 cm³/mol. The third-order valence-electron chi connectivity index (χ3n) is 2.92. The fourth-order valence-electron chi connectivity index (χ4n) is 2.06. The van der Waals surface area contributed by atoms with E-state index in [0.717, 1.165) is 22.2 Å². The van der Waals surface area contributed by atoms with Gasteiger partial charge in [0.25, 0.3) is 0 Å². The van der Waals surface area contributed by atoms with E-state index in [9.17, 15) is 0 Å². The molecule has 1 aromatic carbocycles. The van der Waals surface area contributed by atoms with E-state index >= 15 is 0 Å². The third-order valence-corrected chi connectivity index (χ3v) is 2.92. The lowest BCUT2D eigenvalue weighted by Crippen LogP contribution is -1.75. The second-order valence-corrected chi connectivity index (χ2v) is 4.11. The van der Waals surface area contributed by atoms with Gasteiger partial charge in [0.1, 0.15) is 5.58 Å². The van der Waals surface area contributed by atoms with E-state index in [1.165, 1.54) is 0 Å². The summed E-state index contributed by atoms with van der Waals surface area (Å²) in [6.45, 7) is 0. The number of aromatic amines is 1. The van der Waals surface area contributed by atoms with Gasteiger partial charge in [-0.3, -0.25) is 0 Å². The minimum Gasteiger partial charge on any atom is -0.453 e. The number of pyridine rings is 1. The number of rotatable bonds is 1. The van der Waals surface area contributed by atoms with Crippen molar-refractivity contribution in [3.8, 4) is 11.6 Å². The Balaban J connectivity index is 1.95. The third kappa shape index (κ3) is 1.32. The van der Waals surface area contributed by atoms with Crippen LogP contribution < -0.4 is 0 Å². The molecule has 0 bridgehead atoms. The average molecular weight is 235 g/mol. The lowest BCUT2D eigenvalue weighted by Gasteiger charge is -1.86. The summed E-state index contributed by atoms with van der Waals surface area (Å²) < 4.78 is 5.76. The van der Waals surface area contributed by atoms with Crippen LogP contribution >= 0.6 is 0 Å². The number of fused-ring (bicyclic) bond motifs is 2. The lowest BCUT2D eigenvalue weighted by atomic mass is 10.2. The van der Waals surface area contributed by atoms with Crippen LogP contribution in [0.1, 0.15) is 0 Å². The molecule has 86 valence electrons. The molecule has 4 rings (SSSR count). The number of nitrogens with zero attached hydrogens (tertiary/aromatic N) is 2. The van der Waals surface area contributed by atoms with Crippen LogP contribution in [-0.2, 0) is 0 Å². The first kappa shape index (κ1) is 9.41. The Bertz CT molecular complexity index is 706. The van der Waals surface area contributed by atoms with Gasteiger partial charge >= 0.3 is 0 Å². The maximum absolute atomic E-state index is 5.76. The van der Waals surface area contributed by atoms with Crippen LogP contribution in [-0.4, -0.2) is 15.0 Å². The Labute approximate surface area is 102 Å². The zero-order valence-corrected chi connectivity index (χ0v) is 9.42. The van der Waals surface area contributed by atoms with Gasteiger partial charge in [0.15, 0.2) is 17.2 Å². The van der Waals surface area contributed by atoms with Crippen LogP contribution in [0, 0.1) is 0 Å². The minimum absolute atomic E-state index is 0.702. The molecule has 0 aliphatic carbocycles. The number of imidazole rings is 1. The molecule has 3 heterocycles. The highest BCUT2D eigenvalue weighted by molar-refractivity contribution is 5.83. The molecule has 0 fully saturated rings. The van der Waals surface area contributed by atoms with Crippen LogP contribution in [0.3, 0.4) is 0 Å². The second kappa shape index (κ2) is 3.43. The van der Waals surface area contributed by atoms with Crippen LogP contribution in [0.25, 0.3) is 33.7 Å².